The first kappa shape index (κ1) is 17.3. The van der Waals surface area contributed by atoms with E-state index >= 15 is 0 Å². The molecule has 1 amide bonds. The van der Waals surface area contributed by atoms with Crippen LogP contribution in [0.2, 0.25) is 0 Å². The molecule has 0 radical (unpaired) electrons. The summed E-state index contributed by atoms with van der Waals surface area (Å²) in [6.07, 6.45) is 7.92. The fourth-order valence-electron chi connectivity index (χ4n) is 4.10. The minimum atomic E-state index is -0.387. The van der Waals surface area contributed by atoms with Gasteiger partial charge >= 0.3 is 6.09 Å². The summed E-state index contributed by atoms with van der Waals surface area (Å²) >= 11 is 0. The summed E-state index contributed by atoms with van der Waals surface area (Å²) in [7, 11) is 0. The number of amides is 1. The predicted molar refractivity (Wildman–Crippen MR) is 85.8 cm³/mol. The number of hydrogen-bond donors (Lipinski definition) is 0. The first-order chi connectivity index (χ1) is 10.4. The number of piperazine rings is 1. The molecule has 5 nitrogen and oxygen atoms in total. The van der Waals surface area contributed by atoms with Crippen LogP contribution in [0.5, 0.6) is 0 Å². The normalized spacial score (nSPS) is 29.1. The van der Waals surface area contributed by atoms with Gasteiger partial charge in [0.05, 0.1) is 0 Å². The van der Waals surface area contributed by atoms with Crippen molar-refractivity contribution in [3.8, 4) is 0 Å². The zero-order chi connectivity index (χ0) is 16.3. The van der Waals surface area contributed by atoms with E-state index in [2.05, 4.69) is 4.90 Å². The lowest BCUT2D eigenvalue weighted by Gasteiger charge is -2.40. The Morgan fingerprint density at radius 1 is 1.00 bits per heavy atom. The Morgan fingerprint density at radius 2 is 1.64 bits per heavy atom. The molecule has 3 fully saturated rings. The molecule has 3 rings (SSSR count). The first-order valence-electron chi connectivity index (χ1n) is 8.48. The molecule has 126 valence electrons. The summed E-state index contributed by atoms with van der Waals surface area (Å²) in [6.45, 7) is 9.75. The fourth-order valence-corrected chi connectivity index (χ4v) is 4.10. The standard InChI is InChI=1S/C16H28N2O2.CH2O/c1-16(2,3)20-15(19)18-11-13-9-14(18)10-17(13)12-7-5-4-6-8-12;1-2/h12-14H,4-11H2,1-3H3;1H2. The Labute approximate surface area is 134 Å². The molecule has 2 unspecified atom stereocenters. The second-order valence-electron chi connectivity index (χ2n) is 7.66. The van der Waals surface area contributed by atoms with Crippen LogP contribution in [0.1, 0.15) is 59.3 Å². The Balaban J connectivity index is 0.000000847. The Morgan fingerprint density at radius 3 is 2.14 bits per heavy atom. The molecule has 1 saturated carbocycles. The number of hydrogen-bond acceptors (Lipinski definition) is 4. The average Bonchev–Trinajstić information content (AvgIpc) is 3.08. The van der Waals surface area contributed by atoms with E-state index in [4.69, 9.17) is 9.53 Å². The molecule has 0 aromatic heterocycles. The first-order valence-corrected chi connectivity index (χ1v) is 8.48. The van der Waals surface area contributed by atoms with Gasteiger partial charge in [-0.15, -0.1) is 0 Å². The summed E-state index contributed by atoms with van der Waals surface area (Å²) in [5.41, 5.74) is -0.387. The summed E-state index contributed by atoms with van der Waals surface area (Å²) in [5, 5.41) is 0. The van der Waals surface area contributed by atoms with Gasteiger partial charge in [-0.2, -0.15) is 0 Å². The molecule has 5 heteroatoms. The van der Waals surface area contributed by atoms with Crippen molar-refractivity contribution in [2.24, 2.45) is 0 Å². The summed E-state index contributed by atoms with van der Waals surface area (Å²) in [6, 6.07) is 1.74. The number of likely N-dealkylation sites (tertiary alicyclic amines) is 2. The quantitative estimate of drug-likeness (QED) is 0.747. The topological polar surface area (TPSA) is 49.9 Å². The van der Waals surface area contributed by atoms with Crippen LogP contribution in [0.15, 0.2) is 0 Å². The lowest BCUT2D eigenvalue weighted by Crippen LogP contribution is -2.53. The zero-order valence-electron chi connectivity index (χ0n) is 14.2. The van der Waals surface area contributed by atoms with Crippen molar-refractivity contribution in [3.63, 3.8) is 0 Å². The maximum Gasteiger partial charge on any atom is 0.410 e. The molecule has 0 N–H and O–H groups in total. The molecule has 2 bridgehead atoms. The highest BCUT2D eigenvalue weighted by molar-refractivity contribution is 5.69. The SMILES string of the molecule is C=O.CC(C)(C)OC(=O)N1CC2CC1CN2C1CCCCC1. The third-order valence-corrected chi connectivity index (χ3v) is 4.95. The molecule has 3 aliphatic rings. The number of ether oxygens (including phenoxy) is 1. The van der Waals surface area contributed by atoms with E-state index in [1.165, 1.54) is 32.1 Å². The highest BCUT2D eigenvalue weighted by atomic mass is 16.6. The molecule has 2 saturated heterocycles. The molecule has 0 aromatic rings. The van der Waals surface area contributed by atoms with E-state index in [1.807, 2.05) is 32.5 Å². The maximum atomic E-state index is 12.2. The third-order valence-electron chi connectivity index (χ3n) is 4.95. The van der Waals surface area contributed by atoms with Crippen molar-refractivity contribution < 1.29 is 14.3 Å². The highest BCUT2D eigenvalue weighted by Crippen LogP contribution is 2.36. The lowest BCUT2D eigenvalue weighted by atomic mass is 9.93. The van der Waals surface area contributed by atoms with E-state index in [0.717, 1.165) is 25.6 Å². The van der Waals surface area contributed by atoms with Crippen LogP contribution in [0.4, 0.5) is 4.79 Å². The molecule has 2 atom stereocenters. The smallest absolute Gasteiger partial charge is 0.410 e. The zero-order valence-corrected chi connectivity index (χ0v) is 14.2. The third kappa shape index (κ3) is 3.80. The Hall–Kier alpha value is -1.10. The van der Waals surface area contributed by atoms with E-state index in [-0.39, 0.29) is 11.7 Å². The van der Waals surface area contributed by atoms with Crippen LogP contribution >= 0.6 is 0 Å². The van der Waals surface area contributed by atoms with E-state index in [1.54, 1.807) is 0 Å². The van der Waals surface area contributed by atoms with Gasteiger partial charge in [0.25, 0.3) is 0 Å². The van der Waals surface area contributed by atoms with Crippen molar-refractivity contribution in [1.29, 1.82) is 0 Å². The van der Waals surface area contributed by atoms with Crippen LogP contribution in [0, 0.1) is 0 Å². The van der Waals surface area contributed by atoms with E-state index < -0.39 is 0 Å². The number of fused-ring (bicyclic) bond motifs is 2. The minimum absolute atomic E-state index is 0.117. The molecule has 2 heterocycles. The molecule has 0 spiro atoms. The van der Waals surface area contributed by atoms with Gasteiger partial charge < -0.3 is 14.4 Å². The molecular formula is C17H30N2O3. The predicted octanol–water partition coefficient (Wildman–Crippen LogP) is 2.83. The minimum Gasteiger partial charge on any atom is -0.444 e. The van der Waals surface area contributed by atoms with Crippen molar-refractivity contribution in [2.45, 2.75) is 83.0 Å². The second kappa shape index (κ2) is 6.99. The van der Waals surface area contributed by atoms with Gasteiger partial charge in [0.2, 0.25) is 0 Å². The number of carbonyl (C=O) groups is 2. The molecule has 1 aliphatic carbocycles. The number of carbonyl (C=O) groups excluding carboxylic acids is 2. The summed E-state index contributed by atoms with van der Waals surface area (Å²) in [4.78, 5) is 24.9. The van der Waals surface area contributed by atoms with Gasteiger partial charge in [0.1, 0.15) is 12.4 Å². The molecule has 0 aromatic carbocycles. The van der Waals surface area contributed by atoms with Gasteiger partial charge in [-0.1, -0.05) is 19.3 Å². The van der Waals surface area contributed by atoms with Crippen molar-refractivity contribution >= 4 is 12.9 Å². The van der Waals surface area contributed by atoms with Crippen LogP contribution in [-0.2, 0) is 9.53 Å². The monoisotopic (exact) mass is 310 g/mol. The van der Waals surface area contributed by atoms with Crippen molar-refractivity contribution in [2.75, 3.05) is 13.1 Å². The second-order valence-corrected chi connectivity index (χ2v) is 7.66. The summed E-state index contributed by atoms with van der Waals surface area (Å²) in [5.74, 6) is 0. The maximum absolute atomic E-state index is 12.2. The molecular weight excluding hydrogens is 280 g/mol. The Kier molecular flexibility index (Phi) is 5.48. The van der Waals surface area contributed by atoms with Gasteiger partial charge in [-0.25, -0.2) is 4.79 Å². The van der Waals surface area contributed by atoms with E-state index in [9.17, 15) is 4.79 Å². The van der Waals surface area contributed by atoms with Crippen molar-refractivity contribution in [3.05, 3.63) is 0 Å². The number of rotatable bonds is 1. The molecule has 22 heavy (non-hydrogen) atoms. The van der Waals surface area contributed by atoms with Crippen molar-refractivity contribution in [1.82, 2.24) is 9.80 Å². The van der Waals surface area contributed by atoms with Gasteiger partial charge in [0, 0.05) is 31.2 Å². The fraction of sp³-hybridized carbons (Fsp3) is 0.882. The van der Waals surface area contributed by atoms with Gasteiger partial charge in [0.15, 0.2) is 0 Å². The van der Waals surface area contributed by atoms with Gasteiger partial charge in [-0.05, 0) is 40.0 Å². The van der Waals surface area contributed by atoms with Crippen LogP contribution < -0.4 is 0 Å². The number of nitrogens with zero attached hydrogens (tertiary/aromatic N) is 2. The Bertz CT molecular complexity index is 388. The van der Waals surface area contributed by atoms with Gasteiger partial charge in [-0.3, -0.25) is 4.90 Å². The van der Waals surface area contributed by atoms with Crippen LogP contribution in [0.3, 0.4) is 0 Å². The highest BCUT2D eigenvalue weighted by Gasteiger charge is 2.48. The van der Waals surface area contributed by atoms with E-state index in [0.29, 0.717) is 12.1 Å². The molecule has 2 aliphatic heterocycles. The largest absolute Gasteiger partial charge is 0.444 e. The lowest BCUT2D eigenvalue weighted by molar-refractivity contribution is -0.0980. The van der Waals surface area contributed by atoms with Crippen LogP contribution in [-0.4, -0.2) is 59.5 Å². The average molecular weight is 310 g/mol. The summed E-state index contributed by atoms with van der Waals surface area (Å²) < 4.78 is 5.52. The van der Waals surface area contributed by atoms with Crippen LogP contribution in [0.25, 0.3) is 0 Å².